The predicted molar refractivity (Wildman–Crippen MR) is 124 cm³/mol. The van der Waals surface area contributed by atoms with Crippen LogP contribution in [-0.2, 0) is 14.3 Å². The average Bonchev–Trinajstić information content (AvgIpc) is 2.84. The predicted octanol–water partition coefficient (Wildman–Crippen LogP) is 3.02. The molecule has 0 saturated carbocycles. The summed E-state index contributed by atoms with van der Waals surface area (Å²) in [5, 5.41) is 14.2. The Morgan fingerprint density at radius 2 is 1.85 bits per heavy atom. The van der Waals surface area contributed by atoms with Crippen molar-refractivity contribution in [2.75, 3.05) is 50.2 Å². The first-order valence-corrected chi connectivity index (χ1v) is 10.8. The van der Waals surface area contributed by atoms with E-state index in [1.54, 1.807) is 19.1 Å². The van der Waals surface area contributed by atoms with Crippen LogP contribution in [0, 0.1) is 10.1 Å². The lowest BCUT2D eigenvalue weighted by Gasteiger charge is -2.28. The van der Waals surface area contributed by atoms with Crippen LogP contribution in [0.3, 0.4) is 0 Å². The van der Waals surface area contributed by atoms with E-state index in [4.69, 9.17) is 18.9 Å². The van der Waals surface area contributed by atoms with Crippen LogP contribution in [0.25, 0.3) is 0 Å². The summed E-state index contributed by atoms with van der Waals surface area (Å²) >= 11 is 0. The second-order valence-electron chi connectivity index (χ2n) is 7.39. The van der Waals surface area contributed by atoms with E-state index >= 15 is 0 Å². The Kier molecular flexibility index (Phi) is 8.25. The summed E-state index contributed by atoms with van der Waals surface area (Å²) in [6, 6.07) is 9.53. The highest BCUT2D eigenvalue weighted by Crippen LogP contribution is 2.35. The van der Waals surface area contributed by atoms with Crippen molar-refractivity contribution in [1.82, 2.24) is 0 Å². The molecule has 1 amide bonds. The Morgan fingerprint density at radius 3 is 2.44 bits per heavy atom. The molecule has 0 aliphatic carbocycles. The fourth-order valence-corrected chi connectivity index (χ4v) is 3.39. The number of carbonyl (C=O) groups is 2. The van der Waals surface area contributed by atoms with Gasteiger partial charge in [0.25, 0.3) is 11.6 Å². The number of nitro benzene ring substituents is 1. The van der Waals surface area contributed by atoms with Gasteiger partial charge in [-0.05, 0) is 38.1 Å². The fourth-order valence-electron chi connectivity index (χ4n) is 3.39. The van der Waals surface area contributed by atoms with Crippen LogP contribution >= 0.6 is 0 Å². The Bertz CT molecular complexity index is 1040. The van der Waals surface area contributed by atoms with Crippen molar-refractivity contribution in [1.29, 1.82) is 0 Å². The van der Waals surface area contributed by atoms with Crippen LogP contribution in [0.2, 0.25) is 0 Å². The minimum Gasteiger partial charge on any atom is -0.493 e. The molecular formula is C23H27N3O8. The minimum absolute atomic E-state index is 0.108. The van der Waals surface area contributed by atoms with Crippen LogP contribution in [-0.4, -0.2) is 62.9 Å². The van der Waals surface area contributed by atoms with E-state index in [9.17, 15) is 19.7 Å². The van der Waals surface area contributed by atoms with E-state index in [0.29, 0.717) is 18.9 Å². The zero-order chi connectivity index (χ0) is 24.7. The number of hydrogen-bond donors (Lipinski definition) is 1. The molecule has 1 aliphatic rings. The van der Waals surface area contributed by atoms with Gasteiger partial charge in [0.15, 0.2) is 17.6 Å². The Labute approximate surface area is 196 Å². The monoisotopic (exact) mass is 473 g/mol. The molecule has 1 N–H and O–H groups in total. The van der Waals surface area contributed by atoms with E-state index in [1.807, 2.05) is 12.1 Å². The number of nitrogens with one attached hydrogen (secondary N) is 1. The minimum atomic E-state index is -1.20. The second-order valence-corrected chi connectivity index (χ2v) is 7.39. The molecule has 1 atom stereocenters. The van der Waals surface area contributed by atoms with E-state index in [0.717, 1.165) is 24.8 Å². The molecule has 2 aromatic carbocycles. The van der Waals surface area contributed by atoms with Gasteiger partial charge in [0.1, 0.15) is 5.56 Å². The Hall–Kier alpha value is -3.86. The number of benzene rings is 2. The van der Waals surface area contributed by atoms with Crippen LogP contribution in [0.1, 0.15) is 24.2 Å². The highest BCUT2D eigenvalue weighted by atomic mass is 16.6. The van der Waals surface area contributed by atoms with E-state index in [-0.39, 0.29) is 23.7 Å². The first-order valence-electron chi connectivity index (χ1n) is 10.8. The summed E-state index contributed by atoms with van der Waals surface area (Å²) in [6.07, 6.45) is -1.20. The summed E-state index contributed by atoms with van der Waals surface area (Å²) in [4.78, 5) is 38.2. The maximum absolute atomic E-state index is 12.7. The summed E-state index contributed by atoms with van der Waals surface area (Å²) in [7, 11) is 1.33. The number of anilines is 2. The molecule has 11 heteroatoms. The van der Waals surface area contributed by atoms with Crippen molar-refractivity contribution in [3.05, 3.63) is 52.1 Å². The molecular weight excluding hydrogens is 446 g/mol. The molecule has 1 saturated heterocycles. The largest absolute Gasteiger partial charge is 0.493 e. The number of methoxy groups -OCH3 is 1. The number of esters is 1. The number of rotatable bonds is 9. The maximum atomic E-state index is 12.7. The van der Waals surface area contributed by atoms with Crippen molar-refractivity contribution in [3.8, 4) is 11.5 Å². The third-order valence-corrected chi connectivity index (χ3v) is 5.16. The number of morpholine rings is 1. The van der Waals surface area contributed by atoms with Gasteiger partial charge in [0.2, 0.25) is 0 Å². The molecule has 1 heterocycles. The van der Waals surface area contributed by atoms with Crippen molar-refractivity contribution < 1.29 is 33.5 Å². The normalized spacial score (nSPS) is 14.1. The molecule has 1 fully saturated rings. The van der Waals surface area contributed by atoms with E-state index in [1.165, 1.54) is 20.1 Å². The third-order valence-electron chi connectivity index (χ3n) is 5.16. The van der Waals surface area contributed by atoms with Crippen LogP contribution in [0.15, 0.2) is 36.4 Å². The van der Waals surface area contributed by atoms with Gasteiger partial charge in [0, 0.05) is 30.5 Å². The van der Waals surface area contributed by atoms with E-state index < -0.39 is 28.6 Å². The molecule has 1 unspecified atom stereocenters. The molecule has 1 aliphatic heterocycles. The number of amides is 1. The first kappa shape index (κ1) is 24.8. The van der Waals surface area contributed by atoms with Crippen molar-refractivity contribution in [2.45, 2.75) is 20.0 Å². The van der Waals surface area contributed by atoms with Crippen LogP contribution in [0.5, 0.6) is 11.5 Å². The highest BCUT2D eigenvalue weighted by molar-refractivity contribution is 5.99. The third kappa shape index (κ3) is 5.93. The van der Waals surface area contributed by atoms with Gasteiger partial charge >= 0.3 is 5.97 Å². The number of nitrogens with zero attached hydrogens (tertiary/aromatic N) is 2. The molecule has 34 heavy (non-hydrogen) atoms. The van der Waals surface area contributed by atoms with Gasteiger partial charge in [-0.3, -0.25) is 14.9 Å². The standard InChI is InChI=1S/C23H27N3O8/c1-4-33-21-13-18(19(26(29)30)14-20(21)31-3)23(28)34-15(2)22(27)24-16-5-7-17(8-6-16)25-9-11-32-12-10-25/h5-8,13-15H,4,9-12H2,1-3H3,(H,24,27). The van der Waals surface area contributed by atoms with Gasteiger partial charge in [-0.2, -0.15) is 0 Å². The van der Waals surface area contributed by atoms with Crippen molar-refractivity contribution in [2.24, 2.45) is 0 Å². The second kappa shape index (κ2) is 11.3. The fraction of sp³-hybridized carbons (Fsp3) is 0.391. The van der Waals surface area contributed by atoms with Crippen molar-refractivity contribution in [3.63, 3.8) is 0 Å². The van der Waals surface area contributed by atoms with Crippen LogP contribution < -0.4 is 19.7 Å². The van der Waals surface area contributed by atoms with E-state index in [2.05, 4.69) is 10.2 Å². The summed E-state index contributed by atoms with van der Waals surface area (Å²) in [6.45, 7) is 6.28. The molecule has 0 spiro atoms. The molecule has 2 aromatic rings. The molecule has 0 bridgehead atoms. The number of nitro groups is 1. The summed E-state index contributed by atoms with van der Waals surface area (Å²) in [5.41, 5.74) is 0.678. The van der Waals surface area contributed by atoms with Gasteiger partial charge in [-0.1, -0.05) is 0 Å². The zero-order valence-corrected chi connectivity index (χ0v) is 19.2. The first-order chi connectivity index (χ1) is 16.3. The lowest BCUT2D eigenvalue weighted by atomic mass is 10.1. The molecule has 3 rings (SSSR count). The SMILES string of the molecule is CCOc1cc(C(=O)OC(C)C(=O)Nc2ccc(N3CCOCC3)cc2)c([N+](=O)[O-])cc1OC. The lowest BCUT2D eigenvalue weighted by Crippen LogP contribution is -2.36. The topological polar surface area (TPSA) is 129 Å². The van der Waals surface area contributed by atoms with Gasteiger partial charge in [0.05, 0.1) is 37.9 Å². The average molecular weight is 473 g/mol. The molecule has 11 nitrogen and oxygen atoms in total. The molecule has 0 aromatic heterocycles. The zero-order valence-electron chi connectivity index (χ0n) is 19.2. The number of hydrogen-bond acceptors (Lipinski definition) is 9. The number of carbonyl (C=O) groups excluding carboxylic acids is 2. The van der Waals surface area contributed by atoms with Crippen molar-refractivity contribution >= 4 is 28.9 Å². The summed E-state index contributed by atoms with van der Waals surface area (Å²) < 4.78 is 21.1. The number of ether oxygens (including phenoxy) is 4. The quantitative estimate of drug-likeness (QED) is 0.332. The summed E-state index contributed by atoms with van der Waals surface area (Å²) in [5.74, 6) is -1.34. The Balaban J connectivity index is 1.68. The van der Waals surface area contributed by atoms with Gasteiger partial charge < -0.3 is 29.2 Å². The lowest BCUT2D eigenvalue weighted by molar-refractivity contribution is -0.385. The highest BCUT2D eigenvalue weighted by Gasteiger charge is 2.28. The van der Waals surface area contributed by atoms with Gasteiger partial charge in [-0.25, -0.2) is 4.79 Å². The molecule has 182 valence electrons. The Morgan fingerprint density at radius 1 is 1.18 bits per heavy atom. The smallest absolute Gasteiger partial charge is 0.346 e. The molecule has 0 radical (unpaired) electrons. The maximum Gasteiger partial charge on any atom is 0.346 e. The van der Waals surface area contributed by atoms with Gasteiger partial charge in [-0.15, -0.1) is 0 Å². The van der Waals surface area contributed by atoms with Crippen LogP contribution in [0.4, 0.5) is 17.1 Å².